The van der Waals surface area contributed by atoms with Gasteiger partial charge in [0.15, 0.2) is 0 Å². The Labute approximate surface area is 171 Å². The summed E-state index contributed by atoms with van der Waals surface area (Å²) in [5, 5.41) is 2.65. The quantitative estimate of drug-likeness (QED) is 0.194. The van der Waals surface area contributed by atoms with E-state index in [9.17, 15) is 0 Å². The Bertz CT molecular complexity index is 890. The van der Waals surface area contributed by atoms with Crippen LogP contribution in [0.1, 0.15) is 0 Å². The molecule has 0 unspecified atom stereocenters. The number of rotatable bonds is 1. The summed E-state index contributed by atoms with van der Waals surface area (Å²) < 4.78 is 0. The van der Waals surface area contributed by atoms with E-state index >= 15 is 0 Å². The maximum atomic E-state index is 5.62. The number of halogens is 2. The standard InChI is InChI=1S/C15H11.C5H5.C2H6Si.2ClH.Zr/c1-2-6-12(7-3-1)15-11-10-13-8-4-5-9-14(13)15;1-2-4-5-3-1;1-3-2;;;/h1-11H;1-5H;1-2H3;2*1H;/q2*-1;;;;+2/p-2. The smallest absolute Gasteiger partial charge is 0.0623 e. The van der Waals surface area contributed by atoms with Crippen molar-refractivity contribution in [2.75, 3.05) is 0 Å². The van der Waals surface area contributed by atoms with Gasteiger partial charge in [0.05, 0.1) is 0 Å². The average Bonchev–Trinajstić information content (AvgIpc) is 3.36. The first-order valence-corrected chi connectivity index (χ1v) is 21.0. The van der Waals surface area contributed by atoms with Crippen molar-refractivity contribution in [1.29, 1.82) is 0 Å². The predicted octanol–water partition coefficient (Wildman–Crippen LogP) is 7.79. The summed E-state index contributed by atoms with van der Waals surface area (Å²) in [6.07, 6.45) is 0. The summed E-state index contributed by atoms with van der Waals surface area (Å²) >= 11 is -1.65. The molecule has 0 saturated heterocycles. The molecule has 0 N–H and O–H groups in total. The fourth-order valence-corrected chi connectivity index (χ4v) is 2.34. The fourth-order valence-electron chi connectivity index (χ4n) is 2.34. The van der Waals surface area contributed by atoms with E-state index in [2.05, 4.69) is 79.8 Å². The van der Waals surface area contributed by atoms with Crippen LogP contribution in [-0.2, 0) is 18.0 Å². The summed E-state index contributed by atoms with van der Waals surface area (Å²) in [6, 6.07) is 33.4. The molecule has 0 aliphatic rings. The van der Waals surface area contributed by atoms with Gasteiger partial charge in [0.25, 0.3) is 0 Å². The third-order valence-corrected chi connectivity index (χ3v) is 23.4. The molecular weight excluding hydrogens is 454 g/mol. The zero-order chi connectivity index (χ0) is 18.8. The van der Waals surface area contributed by atoms with Crippen LogP contribution in [-0.4, -0.2) is 5.43 Å². The minimum atomic E-state index is -1.65. The Morgan fingerprint density at radius 3 is 1.92 bits per heavy atom. The maximum absolute atomic E-state index is 5.62. The van der Waals surface area contributed by atoms with Gasteiger partial charge in [-0.15, -0.1) is 46.7 Å². The van der Waals surface area contributed by atoms with Gasteiger partial charge in [-0.3, -0.25) is 0 Å². The van der Waals surface area contributed by atoms with Crippen molar-refractivity contribution < 1.29 is 18.0 Å². The van der Waals surface area contributed by atoms with Gasteiger partial charge < -0.3 is 0 Å². The largest absolute Gasteiger partial charge is 0.214 e. The van der Waals surface area contributed by atoms with Crippen LogP contribution in [0.3, 0.4) is 0 Å². The summed E-state index contributed by atoms with van der Waals surface area (Å²) in [7, 11) is 11.2. The van der Waals surface area contributed by atoms with Crippen LogP contribution < -0.4 is 0 Å². The van der Waals surface area contributed by atoms with Crippen molar-refractivity contribution in [2.24, 2.45) is 0 Å². The summed E-state index contributed by atoms with van der Waals surface area (Å²) in [4.78, 5) is 0. The van der Waals surface area contributed by atoms with E-state index in [-0.39, 0.29) is 5.43 Å². The van der Waals surface area contributed by atoms with E-state index in [1.807, 2.05) is 30.3 Å². The molecule has 4 rings (SSSR count). The third-order valence-electron chi connectivity index (χ3n) is 3.70. The van der Waals surface area contributed by atoms with E-state index in [0.29, 0.717) is 0 Å². The molecule has 0 saturated carbocycles. The first kappa shape index (κ1) is 21.4. The van der Waals surface area contributed by atoms with Gasteiger partial charge in [-0.1, -0.05) is 42.0 Å². The third kappa shape index (κ3) is 7.00. The molecule has 0 amide bonds. The van der Waals surface area contributed by atoms with Crippen LogP contribution in [0, 0.1) is 0 Å². The second-order valence-corrected chi connectivity index (χ2v) is 28.9. The molecule has 0 bridgehead atoms. The molecule has 0 spiro atoms. The second-order valence-electron chi connectivity index (χ2n) is 5.92. The van der Waals surface area contributed by atoms with Crippen molar-refractivity contribution in [2.45, 2.75) is 13.1 Å². The van der Waals surface area contributed by atoms with Crippen LogP contribution in [0.4, 0.5) is 0 Å². The van der Waals surface area contributed by atoms with Crippen LogP contribution in [0.15, 0.2) is 97.1 Å². The molecule has 0 radical (unpaired) electrons. The predicted molar refractivity (Wildman–Crippen MR) is 116 cm³/mol. The number of hydrogen-bond donors (Lipinski definition) is 0. The molecule has 0 atom stereocenters. The SMILES string of the molecule is C[Si](C)=[Zr]([Cl])[Cl].c1cc[cH-]c1.c1ccc(-c2c[cH-]c3ccccc23)cc1. The Morgan fingerprint density at radius 2 is 1.38 bits per heavy atom. The van der Waals surface area contributed by atoms with Crippen molar-refractivity contribution in [1.82, 2.24) is 0 Å². The first-order chi connectivity index (χ1) is 12.6. The average molecular weight is 477 g/mol. The van der Waals surface area contributed by atoms with Crippen LogP contribution in [0.5, 0.6) is 0 Å². The molecular formula is C22H22Cl2SiZr-2. The van der Waals surface area contributed by atoms with E-state index in [1.165, 1.54) is 21.9 Å². The van der Waals surface area contributed by atoms with Crippen molar-refractivity contribution in [3.05, 3.63) is 97.1 Å². The van der Waals surface area contributed by atoms with Crippen molar-refractivity contribution in [3.63, 3.8) is 0 Å². The van der Waals surface area contributed by atoms with Gasteiger partial charge in [0.2, 0.25) is 0 Å². The van der Waals surface area contributed by atoms with Crippen LogP contribution in [0.25, 0.3) is 21.9 Å². The zero-order valence-corrected chi connectivity index (χ0v) is 20.0. The molecule has 26 heavy (non-hydrogen) atoms. The molecule has 0 fully saturated rings. The van der Waals surface area contributed by atoms with E-state index in [1.54, 1.807) is 0 Å². The Morgan fingerprint density at radius 1 is 0.808 bits per heavy atom. The monoisotopic (exact) mass is 474 g/mol. The topological polar surface area (TPSA) is 0 Å². The van der Waals surface area contributed by atoms with E-state index < -0.39 is 18.0 Å². The first-order valence-electron chi connectivity index (χ1n) is 8.44. The van der Waals surface area contributed by atoms with Gasteiger partial charge in [-0.05, 0) is 0 Å². The van der Waals surface area contributed by atoms with Crippen LogP contribution in [0.2, 0.25) is 13.1 Å². The Balaban J connectivity index is 0.000000183. The fraction of sp³-hybridized carbons (Fsp3) is 0.0909. The van der Waals surface area contributed by atoms with E-state index in [0.717, 1.165) is 0 Å². The van der Waals surface area contributed by atoms with Gasteiger partial charge >= 0.3 is 53.5 Å². The van der Waals surface area contributed by atoms with Crippen molar-refractivity contribution >= 4 is 33.2 Å². The van der Waals surface area contributed by atoms with Gasteiger partial charge in [0.1, 0.15) is 0 Å². The number of fused-ring (bicyclic) bond motifs is 1. The molecule has 4 aromatic rings. The molecule has 4 aromatic carbocycles. The van der Waals surface area contributed by atoms with Crippen molar-refractivity contribution in [3.8, 4) is 11.1 Å². The second kappa shape index (κ2) is 11.7. The van der Waals surface area contributed by atoms with Gasteiger partial charge in [-0.25, -0.2) is 12.1 Å². The van der Waals surface area contributed by atoms with Gasteiger partial charge in [-0.2, -0.15) is 18.2 Å². The number of hydrogen-bond acceptors (Lipinski definition) is 0. The summed E-state index contributed by atoms with van der Waals surface area (Å²) in [5.41, 5.74) is 2.39. The van der Waals surface area contributed by atoms with E-state index in [4.69, 9.17) is 17.0 Å². The molecule has 0 aromatic heterocycles. The molecule has 0 heterocycles. The number of benzene rings is 2. The normalized spacial score (nSPS) is 9.54. The Kier molecular flexibility index (Phi) is 9.64. The maximum Gasteiger partial charge on any atom is -0.0623 e. The molecule has 4 heteroatoms. The van der Waals surface area contributed by atoms with Crippen LogP contribution >= 0.6 is 17.0 Å². The van der Waals surface area contributed by atoms with Gasteiger partial charge in [0, 0.05) is 0 Å². The zero-order valence-electron chi connectivity index (χ0n) is 15.0. The molecule has 134 valence electrons. The summed E-state index contributed by atoms with van der Waals surface area (Å²) in [5.74, 6) is 0. The molecule has 0 nitrogen and oxygen atoms in total. The molecule has 0 aliphatic carbocycles. The molecule has 0 aliphatic heterocycles. The minimum absolute atomic E-state index is 0.224. The Hall–Kier alpha value is -0.920. The minimum Gasteiger partial charge on any atom is -0.214 e. The summed E-state index contributed by atoms with van der Waals surface area (Å²) in [6.45, 7) is 4.33.